The third kappa shape index (κ3) is 7.10. The number of sulfonamides is 1. The predicted molar refractivity (Wildman–Crippen MR) is 138 cm³/mol. The molecule has 2 aromatic carbocycles. The molecule has 2 rings (SSSR count). The largest absolute Gasteiger partial charge is 0.357 e. The third-order valence-corrected chi connectivity index (χ3v) is 7.64. The molecule has 1 N–H and O–H groups in total. The molecule has 0 aliphatic rings. The highest BCUT2D eigenvalue weighted by Crippen LogP contribution is 2.27. The molecule has 0 bridgehead atoms. The van der Waals surface area contributed by atoms with Gasteiger partial charge in [-0.3, -0.25) is 13.9 Å². The number of halogens is 2. The van der Waals surface area contributed by atoms with E-state index in [9.17, 15) is 18.0 Å². The highest BCUT2D eigenvalue weighted by atomic mass is 35.5. The SMILES string of the molecule is CNC(=O)[C@H](C)N(Cc1c(Cl)cccc1Cl)C(=O)CCCN(c1ccc(C)c(C)c1)S(C)(=O)=O. The number of nitrogens with one attached hydrogen (secondary N) is 1. The van der Waals surface area contributed by atoms with Crippen LogP contribution in [0.2, 0.25) is 10.0 Å². The summed E-state index contributed by atoms with van der Waals surface area (Å²) in [5, 5.41) is 3.35. The lowest BCUT2D eigenvalue weighted by Gasteiger charge is -2.29. The summed E-state index contributed by atoms with van der Waals surface area (Å²) >= 11 is 12.6. The number of nitrogens with zero attached hydrogens (tertiary/aromatic N) is 2. The topological polar surface area (TPSA) is 86.8 Å². The maximum atomic E-state index is 13.2. The van der Waals surface area contributed by atoms with E-state index in [4.69, 9.17) is 23.2 Å². The van der Waals surface area contributed by atoms with Crippen molar-refractivity contribution in [3.63, 3.8) is 0 Å². The van der Waals surface area contributed by atoms with Crippen molar-refractivity contribution in [3.05, 3.63) is 63.1 Å². The second kappa shape index (κ2) is 11.9. The number of benzene rings is 2. The summed E-state index contributed by atoms with van der Waals surface area (Å²) in [6, 6.07) is 9.72. The van der Waals surface area contributed by atoms with Gasteiger partial charge in [0.2, 0.25) is 21.8 Å². The van der Waals surface area contributed by atoms with Gasteiger partial charge in [-0.05, 0) is 62.6 Å². The fraction of sp³-hybridized carbons (Fsp3) is 0.417. The summed E-state index contributed by atoms with van der Waals surface area (Å²) in [5.74, 6) is -0.634. The van der Waals surface area contributed by atoms with Gasteiger partial charge in [0.25, 0.3) is 0 Å². The second-order valence-electron chi connectivity index (χ2n) is 8.22. The van der Waals surface area contributed by atoms with Crippen molar-refractivity contribution in [2.45, 2.75) is 46.2 Å². The number of amides is 2. The van der Waals surface area contributed by atoms with Crippen LogP contribution in [-0.4, -0.2) is 51.0 Å². The molecule has 7 nitrogen and oxygen atoms in total. The van der Waals surface area contributed by atoms with Crippen molar-refractivity contribution in [1.29, 1.82) is 0 Å². The summed E-state index contributed by atoms with van der Waals surface area (Å²) in [6.45, 7) is 5.68. The summed E-state index contributed by atoms with van der Waals surface area (Å²) in [6.07, 6.45) is 1.45. The lowest BCUT2D eigenvalue weighted by atomic mass is 10.1. The molecule has 186 valence electrons. The normalized spacial score (nSPS) is 12.2. The molecule has 34 heavy (non-hydrogen) atoms. The van der Waals surface area contributed by atoms with Crippen LogP contribution < -0.4 is 9.62 Å². The highest BCUT2D eigenvalue weighted by Gasteiger charge is 2.27. The number of rotatable bonds is 10. The lowest BCUT2D eigenvalue weighted by molar-refractivity contribution is -0.140. The summed E-state index contributed by atoms with van der Waals surface area (Å²) < 4.78 is 26.2. The van der Waals surface area contributed by atoms with Crippen molar-refractivity contribution in [2.75, 3.05) is 24.2 Å². The van der Waals surface area contributed by atoms with E-state index in [-0.39, 0.29) is 37.7 Å². The first-order chi connectivity index (χ1) is 15.9. The molecule has 0 spiro atoms. The monoisotopic (exact) mass is 527 g/mol. The van der Waals surface area contributed by atoms with Crippen molar-refractivity contribution < 1.29 is 18.0 Å². The number of aryl methyl sites for hydroxylation is 2. The molecule has 0 aromatic heterocycles. The minimum Gasteiger partial charge on any atom is -0.357 e. The molecule has 2 amide bonds. The Hall–Kier alpha value is -2.29. The average Bonchev–Trinajstić information content (AvgIpc) is 2.76. The van der Waals surface area contributed by atoms with Gasteiger partial charge in [-0.15, -0.1) is 0 Å². The summed E-state index contributed by atoms with van der Waals surface area (Å²) in [4.78, 5) is 26.9. The van der Waals surface area contributed by atoms with Crippen LogP contribution in [0.5, 0.6) is 0 Å². The Kier molecular flexibility index (Phi) is 9.79. The zero-order chi connectivity index (χ0) is 25.6. The standard InChI is InChI=1S/C24H31Cl2N3O4S/c1-16-11-12-19(14-17(16)2)29(34(5,32)33)13-7-10-23(30)28(18(3)24(31)27-4)15-20-21(25)8-6-9-22(20)26/h6,8-9,11-12,14,18H,7,10,13,15H2,1-5H3,(H,27,31)/t18-/m0/s1. The molecule has 2 aromatic rings. The Morgan fingerprint density at radius 3 is 2.21 bits per heavy atom. The molecule has 0 saturated carbocycles. The number of likely N-dealkylation sites (N-methyl/N-ethyl adjacent to an activating group) is 1. The molecule has 0 heterocycles. The van der Waals surface area contributed by atoms with Gasteiger partial charge in [-0.2, -0.15) is 0 Å². The first-order valence-corrected chi connectivity index (χ1v) is 13.5. The highest BCUT2D eigenvalue weighted by molar-refractivity contribution is 7.92. The van der Waals surface area contributed by atoms with Crippen LogP contribution in [0.3, 0.4) is 0 Å². The van der Waals surface area contributed by atoms with Crippen LogP contribution in [-0.2, 0) is 26.2 Å². The Bertz CT molecular complexity index is 1130. The maximum absolute atomic E-state index is 13.2. The van der Waals surface area contributed by atoms with Gasteiger partial charge in [-0.1, -0.05) is 35.3 Å². The molecule has 0 aliphatic carbocycles. The Labute approximate surface area is 212 Å². The van der Waals surface area contributed by atoms with Gasteiger partial charge in [0.15, 0.2) is 0 Å². The van der Waals surface area contributed by atoms with E-state index in [0.717, 1.165) is 17.4 Å². The van der Waals surface area contributed by atoms with Crippen molar-refractivity contribution in [2.24, 2.45) is 0 Å². The van der Waals surface area contributed by atoms with Gasteiger partial charge in [-0.25, -0.2) is 8.42 Å². The molecule has 0 fully saturated rings. The fourth-order valence-corrected chi connectivity index (χ4v) is 5.00. The second-order valence-corrected chi connectivity index (χ2v) is 10.9. The van der Waals surface area contributed by atoms with Crippen molar-refractivity contribution >= 4 is 50.7 Å². The number of hydrogen-bond acceptors (Lipinski definition) is 4. The molecular weight excluding hydrogens is 497 g/mol. The predicted octanol–water partition coefficient (Wildman–Crippen LogP) is 4.32. The summed E-state index contributed by atoms with van der Waals surface area (Å²) in [7, 11) is -2.05. The van der Waals surface area contributed by atoms with Gasteiger partial charge in [0.05, 0.1) is 11.9 Å². The van der Waals surface area contributed by atoms with Crippen LogP contribution in [0.1, 0.15) is 36.5 Å². The molecule has 0 saturated heterocycles. The average molecular weight is 529 g/mol. The molecular formula is C24H31Cl2N3O4S. The Morgan fingerprint density at radius 2 is 1.68 bits per heavy atom. The van der Waals surface area contributed by atoms with E-state index >= 15 is 0 Å². The Balaban J connectivity index is 2.21. The van der Waals surface area contributed by atoms with Crippen LogP contribution in [0.15, 0.2) is 36.4 Å². The fourth-order valence-electron chi connectivity index (χ4n) is 3.53. The van der Waals surface area contributed by atoms with Crippen LogP contribution in [0.25, 0.3) is 0 Å². The number of hydrogen-bond donors (Lipinski definition) is 1. The Morgan fingerprint density at radius 1 is 1.06 bits per heavy atom. The smallest absolute Gasteiger partial charge is 0.242 e. The molecule has 10 heteroatoms. The van der Waals surface area contributed by atoms with E-state index in [1.807, 2.05) is 26.0 Å². The van der Waals surface area contributed by atoms with E-state index in [1.54, 1.807) is 31.2 Å². The summed E-state index contributed by atoms with van der Waals surface area (Å²) in [5.41, 5.74) is 3.13. The van der Waals surface area contributed by atoms with Gasteiger partial charge >= 0.3 is 0 Å². The minimum absolute atomic E-state index is 0.0419. The third-order valence-electron chi connectivity index (χ3n) is 5.73. The minimum atomic E-state index is -3.55. The van der Waals surface area contributed by atoms with Crippen LogP contribution >= 0.6 is 23.2 Å². The maximum Gasteiger partial charge on any atom is 0.242 e. The van der Waals surface area contributed by atoms with E-state index in [0.29, 0.717) is 21.3 Å². The molecule has 0 aliphatic heterocycles. The quantitative estimate of drug-likeness (QED) is 0.498. The van der Waals surface area contributed by atoms with Gasteiger partial charge in [0.1, 0.15) is 6.04 Å². The number of carbonyl (C=O) groups excluding carboxylic acids is 2. The van der Waals surface area contributed by atoms with E-state index < -0.39 is 16.1 Å². The van der Waals surface area contributed by atoms with Gasteiger partial charge in [0, 0.05) is 42.2 Å². The molecule has 0 radical (unpaired) electrons. The number of carbonyl (C=O) groups is 2. The first kappa shape index (κ1) is 28.0. The number of anilines is 1. The lowest BCUT2D eigenvalue weighted by Crippen LogP contribution is -2.47. The zero-order valence-electron chi connectivity index (χ0n) is 20.1. The van der Waals surface area contributed by atoms with Crippen LogP contribution in [0.4, 0.5) is 5.69 Å². The van der Waals surface area contributed by atoms with Gasteiger partial charge < -0.3 is 10.2 Å². The molecule has 0 unspecified atom stereocenters. The van der Waals surface area contributed by atoms with E-state index in [2.05, 4.69) is 5.32 Å². The van der Waals surface area contributed by atoms with Crippen LogP contribution in [0, 0.1) is 13.8 Å². The first-order valence-electron chi connectivity index (χ1n) is 10.9. The molecule has 1 atom stereocenters. The van der Waals surface area contributed by atoms with Crippen molar-refractivity contribution in [3.8, 4) is 0 Å². The van der Waals surface area contributed by atoms with Crippen molar-refractivity contribution in [1.82, 2.24) is 10.2 Å². The zero-order valence-corrected chi connectivity index (χ0v) is 22.4. The van der Waals surface area contributed by atoms with E-state index in [1.165, 1.54) is 16.3 Å².